The third-order valence-corrected chi connectivity index (χ3v) is 4.99. The van der Waals surface area contributed by atoms with E-state index in [1.54, 1.807) is 12.4 Å². The molecule has 0 aliphatic carbocycles. The number of hydrogen-bond donors (Lipinski definition) is 1. The Morgan fingerprint density at radius 1 is 1.10 bits per heavy atom. The number of nitrogens with one attached hydrogen (secondary N) is 1. The van der Waals surface area contributed by atoms with Crippen LogP contribution in [0.3, 0.4) is 0 Å². The van der Waals surface area contributed by atoms with Crippen molar-refractivity contribution in [1.29, 1.82) is 0 Å². The van der Waals surface area contributed by atoms with Crippen LogP contribution in [-0.2, 0) is 0 Å². The Kier molecular flexibility index (Phi) is 5.27. The molecule has 1 unspecified atom stereocenters. The Morgan fingerprint density at radius 2 is 1.93 bits per heavy atom. The Balaban J connectivity index is 1.62. The number of benzene rings is 1. The van der Waals surface area contributed by atoms with Crippen molar-refractivity contribution in [2.24, 2.45) is 5.92 Å². The van der Waals surface area contributed by atoms with Crippen molar-refractivity contribution in [2.45, 2.75) is 33.7 Å². The molecule has 0 saturated carbocycles. The SMILES string of the molecule is Cc1ccc2nc(C)c(C(=O)NC(c3nc(-c4cccnc4)no3)C(C)C)cc2c1. The Morgan fingerprint density at radius 3 is 2.67 bits per heavy atom. The fourth-order valence-electron chi connectivity index (χ4n) is 3.33. The highest BCUT2D eigenvalue weighted by atomic mass is 16.5. The van der Waals surface area contributed by atoms with Crippen LogP contribution in [-0.4, -0.2) is 26.0 Å². The van der Waals surface area contributed by atoms with E-state index in [4.69, 9.17) is 4.52 Å². The first-order valence-corrected chi connectivity index (χ1v) is 9.85. The summed E-state index contributed by atoms with van der Waals surface area (Å²) < 4.78 is 5.48. The maximum Gasteiger partial charge on any atom is 0.253 e. The maximum atomic E-state index is 13.1. The van der Waals surface area contributed by atoms with E-state index < -0.39 is 6.04 Å². The second-order valence-electron chi connectivity index (χ2n) is 7.71. The molecule has 0 bridgehead atoms. The molecule has 152 valence electrons. The minimum atomic E-state index is -0.428. The molecule has 4 rings (SSSR count). The van der Waals surface area contributed by atoms with Crippen molar-refractivity contribution in [3.63, 3.8) is 0 Å². The van der Waals surface area contributed by atoms with Crippen molar-refractivity contribution in [2.75, 3.05) is 0 Å². The van der Waals surface area contributed by atoms with Gasteiger partial charge in [0, 0.05) is 23.3 Å². The van der Waals surface area contributed by atoms with Gasteiger partial charge in [0.25, 0.3) is 5.91 Å². The minimum Gasteiger partial charge on any atom is -0.340 e. The van der Waals surface area contributed by atoms with Crippen LogP contribution >= 0.6 is 0 Å². The van der Waals surface area contributed by atoms with Gasteiger partial charge in [-0.2, -0.15) is 4.98 Å². The molecule has 30 heavy (non-hydrogen) atoms. The second kappa shape index (κ2) is 8.02. The number of carbonyl (C=O) groups is 1. The Hall–Kier alpha value is -3.61. The van der Waals surface area contributed by atoms with E-state index in [0.29, 0.717) is 23.0 Å². The molecular weight excluding hydrogens is 378 g/mol. The first-order chi connectivity index (χ1) is 14.4. The van der Waals surface area contributed by atoms with Gasteiger partial charge in [-0.3, -0.25) is 14.8 Å². The summed E-state index contributed by atoms with van der Waals surface area (Å²) >= 11 is 0. The van der Waals surface area contributed by atoms with Gasteiger partial charge >= 0.3 is 0 Å². The van der Waals surface area contributed by atoms with Gasteiger partial charge in [0.15, 0.2) is 0 Å². The smallest absolute Gasteiger partial charge is 0.253 e. The van der Waals surface area contributed by atoms with Gasteiger partial charge in [-0.05, 0) is 50.1 Å². The van der Waals surface area contributed by atoms with Crippen molar-refractivity contribution in [1.82, 2.24) is 25.4 Å². The summed E-state index contributed by atoms with van der Waals surface area (Å²) in [4.78, 5) is 26.3. The number of pyridine rings is 2. The minimum absolute atomic E-state index is 0.0483. The summed E-state index contributed by atoms with van der Waals surface area (Å²) in [5.41, 5.74) is 3.95. The lowest BCUT2D eigenvalue weighted by atomic mass is 10.0. The standard InChI is InChI=1S/C23H23N5O2/c1-13(2)20(23-27-21(28-30-23)16-6-5-9-24-12-16)26-22(29)18-11-17-10-14(3)7-8-19(17)25-15(18)4/h5-13,20H,1-4H3,(H,26,29). The van der Waals surface area contributed by atoms with E-state index in [0.717, 1.165) is 22.0 Å². The molecule has 0 fully saturated rings. The molecule has 3 heterocycles. The first-order valence-electron chi connectivity index (χ1n) is 9.85. The van der Waals surface area contributed by atoms with E-state index in [1.807, 2.05) is 64.1 Å². The monoisotopic (exact) mass is 401 g/mol. The van der Waals surface area contributed by atoms with Crippen molar-refractivity contribution in [3.8, 4) is 11.4 Å². The molecule has 0 aliphatic heterocycles. The van der Waals surface area contributed by atoms with E-state index >= 15 is 0 Å². The average Bonchev–Trinajstić information content (AvgIpc) is 3.22. The normalized spacial score (nSPS) is 12.3. The predicted molar refractivity (Wildman–Crippen MR) is 114 cm³/mol. The number of amides is 1. The lowest BCUT2D eigenvalue weighted by molar-refractivity contribution is 0.0913. The molecule has 7 nitrogen and oxygen atoms in total. The predicted octanol–water partition coefficient (Wildman–Crippen LogP) is 4.42. The third-order valence-electron chi connectivity index (χ3n) is 4.99. The van der Waals surface area contributed by atoms with Crippen LogP contribution in [0.15, 0.2) is 53.3 Å². The van der Waals surface area contributed by atoms with Crippen LogP contribution in [0.25, 0.3) is 22.3 Å². The van der Waals surface area contributed by atoms with Gasteiger partial charge in [-0.25, -0.2) is 0 Å². The molecule has 0 radical (unpaired) electrons. The molecule has 1 atom stereocenters. The number of aryl methyl sites for hydroxylation is 2. The van der Waals surface area contributed by atoms with Gasteiger partial charge < -0.3 is 9.84 Å². The summed E-state index contributed by atoms with van der Waals surface area (Å²) in [6.07, 6.45) is 3.35. The summed E-state index contributed by atoms with van der Waals surface area (Å²) in [5.74, 6) is 0.631. The number of nitrogens with zero attached hydrogens (tertiary/aromatic N) is 4. The highest BCUT2D eigenvalue weighted by Gasteiger charge is 2.26. The largest absolute Gasteiger partial charge is 0.340 e. The van der Waals surface area contributed by atoms with Crippen molar-refractivity contribution >= 4 is 16.8 Å². The molecule has 0 saturated heterocycles. The van der Waals surface area contributed by atoms with Crippen LogP contribution in [0, 0.1) is 19.8 Å². The Bertz CT molecular complexity index is 1200. The highest BCUT2D eigenvalue weighted by Crippen LogP contribution is 2.25. The molecule has 0 aliphatic rings. The molecule has 0 spiro atoms. The van der Waals surface area contributed by atoms with Crippen molar-refractivity contribution < 1.29 is 9.32 Å². The topological polar surface area (TPSA) is 93.8 Å². The van der Waals surface area contributed by atoms with Gasteiger partial charge in [0.1, 0.15) is 6.04 Å². The quantitative estimate of drug-likeness (QED) is 0.532. The van der Waals surface area contributed by atoms with Crippen LogP contribution in [0.2, 0.25) is 0 Å². The van der Waals surface area contributed by atoms with E-state index in [9.17, 15) is 4.79 Å². The zero-order valence-electron chi connectivity index (χ0n) is 17.4. The van der Waals surface area contributed by atoms with Gasteiger partial charge in [-0.1, -0.05) is 30.6 Å². The number of rotatable bonds is 5. The molecule has 1 aromatic carbocycles. The molecule has 7 heteroatoms. The second-order valence-corrected chi connectivity index (χ2v) is 7.71. The highest BCUT2D eigenvalue weighted by molar-refractivity contribution is 5.98. The van der Waals surface area contributed by atoms with Crippen LogP contribution in [0.4, 0.5) is 0 Å². The van der Waals surface area contributed by atoms with Gasteiger partial charge in [-0.15, -0.1) is 0 Å². The third kappa shape index (κ3) is 3.91. The number of carbonyl (C=O) groups excluding carboxylic acids is 1. The number of hydrogen-bond acceptors (Lipinski definition) is 6. The number of aromatic nitrogens is 4. The first kappa shape index (κ1) is 19.7. The average molecular weight is 401 g/mol. The lowest BCUT2D eigenvalue weighted by Gasteiger charge is -2.19. The van der Waals surface area contributed by atoms with Crippen LogP contribution in [0.1, 0.15) is 47.4 Å². The Labute approximate surface area is 174 Å². The van der Waals surface area contributed by atoms with Gasteiger partial charge in [0.2, 0.25) is 11.7 Å². The number of fused-ring (bicyclic) bond motifs is 1. The molecule has 1 amide bonds. The van der Waals surface area contributed by atoms with E-state index in [1.165, 1.54) is 0 Å². The zero-order valence-corrected chi connectivity index (χ0v) is 17.4. The van der Waals surface area contributed by atoms with E-state index in [2.05, 4.69) is 25.4 Å². The molecule has 3 aromatic heterocycles. The maximum absolute atomic E-state index is 13.1. The van der Waals surface area contributed by atoms with Crippen molar-refractivity contribution in [3.05, 3.63) is 71.5 Å². The molecule has 1 N–H and O–H groups in total. The molecular formula is C23H23N5O2. The molecule has 4 aromatic rings. The summed E-state index contributed by atoms with van der Waals surface area (Å²) in [6.45, 7) is 7.84. The zero-order chi connectivity index (χ0) is 21.3. The summed E-state index contributed by atoms with van der Waals surface area (Å²) in [6, 6.07) is 11.1. The summed E-state index contributed by atoms with van der Waals surface area (Å²) in [5, 5.41) is 8.03. The lowest BCUT2D eigenvalue weighted by Crippen LogP contribution is -2.32. The van der Waals surface area contributed by atoms with Crippen LogP contribution in [0.5, 0.6) is 0 Å². The van der Waals surface area contributed by atoms with E-state index in [-0.39, 0.29) is 11.8 Å². The fourth-order valence-corrected chi connectivity index (χ4v) is 3.33. The fraction of sp³-hybridized carbons (Fsp3) is 0.261. The summed E-state index contributed by atoms with van der Waals surface area (Å²) in [7, 11) is 0. The van der Waals surface area contributed by atoms with Crippen LogP contribution < -0.4 is 5.32 Å². The van der Waals surface area contributed by atoms with Gasteiger partial charge in [0.05, 0.1) is 16.8 Å².